The number of benzene rings is 5. The monoisotopic (exact) mass is 1910 g/mol. The van der Waals surface area contributed by atoms with Gasteiger partial charge < -0.3 is 63.5 Å². The molecular weight excluding hydrogens is 1810 g/mol. The van der Waals surface area contributed by atoms with E-state index in [0.29, 0.717) is 122 Å². The Morgan fingerprint density at radius 2 is 0.492 bits per heavy atom. The van der Waals surface area contributed by atoms with E-state index < -0.39 is 17.3 Å². The lowest BCUT2D eigenvalue weighted by Gasteiger charge is -2.27. The maximum atomic E-state index is 13.0. The molecule has 0 radical (unpaired) electrons. The number of carbonyl (C=O) groups is 7. The topological polar surface area (TPSA) is 503 Å². The molecule has 128 heavy (non-hydrogen) atoms. The third-order valence-electron chi connectivity index (χ3n) is 17.0. The van der Waals surface area contributed by atoms with Crippen LogP contribution in [0.15, 0.2) is 152 Å². The summed E-state index contributed by atoms with van der Waals surface area (Å²) in [5.41, 5.74) is 25.7. The van der Waals surface area contributed by atoms with E-state index in [-0.39, 0.29) is 47.8 Å². The molecule has 35 nitrogen and oxygen atoms in total. The van der Waals surface area contributed by atoms with E-state index >= 15 is 0 Å². The Morgan fingerprint density at radius 3 is 0.703 bits per heavy atom. The molecule has 13 rings (SSSR count). The first-order chi connectivity index (χ1) is 61.5. The number of ether oxygens (including phenoxy) is 2. The van der Waals surface area contributed by atoms with Gasteiger partial charge in [-0.1, -0.05) is 255 Å². The predicted octanol–water partition coefficient (Wildman–Crippen LogP) is 14.6. The van der Waals surface area contributed by atoms with Crippen LogP contribution in [0.4, 0.5) is 50.6 Å². The number of hydrogen-bond acceptors (Lipinski definition) is 37. The summed E-state index contributed by atoms with van der Waals surface area (Å²) in [5, 5.41) is 85.6. The highest BCUT2D eigenvalue weighted by atomic mass is 35.5. The molecule has 0 unspecified atom stereocenters. The minimum Gasteiger partial charge on any atom is -0.444 e. The SMILES string of the molecule is CC(C)(C)OC(=O)N(CCc1nnc(N)s1)CCc1nnc(N)s1.CC(C)(C)OC(=O)N(CCc1nnc(NC(=O)Cc2ccccc2)s1)CCc1nnc(NC(=O)Cc2ccccc2)s1.Nc1nnc(CCCCCc2nnc(N)s2)s1.O=C(Cc1ccccc1)Nc1nnc(CCCCCc2nnc(NC(=O)Cc3ccccc3)s2)s1.O=C(Cl)Cc1ccccc1. The number of unbranched alkanes of at least 4 members (excludes halogenated alkanes) is 4. The standard InChI is InChI=1S/C29H33N7O4S2.C25H26N6O2S2.C13H21N7O2S2.C9H14N6S2.C8H7ClO/c1-29(2,3)40-28(39)36(16-14-24-32-34-26(41-24)30-22(37)18-20-10-6-4-7-11-20)17-15-25-33-35-27(42-25)31-23(38)19-21-12-8-5-9-13-21;32-20(16-18-10-4-1-5-11-18)26-24-30-28-22(34-24)14-8-3-9-15-23-29-31-25(35-23)27-21(33)17-19-12-6-2-7-13-19;1-13(2,3)22-12(21)20(6-4-8-16-18-10(14)23-8)7-5-9-17-19-11(15)24-9;10-8-14-12-6(16-8)4-2-1-3-5-7-13-15-9(11)17-7;9-8(10)6-7-4-2-1-3-5-7/h4-13H,14-19H2,1-3H3,(H,30,34,37)(H,31,35,38);1-2,4-7,10-13H,3,8-9,14-17H2,(H,26,30,32)(H,27,31,33);4-7H2,1-3H3,(H2,14,18)(H2,15,19);1-5H2,(H2,10,14)(H2,11,15);1-5H,6H2. The number of anilines is 8. The predicted molar refractivity (Wildman–Crippen MR) is 506 cm³/mol. The highest BCUT2D eigenvalue weighted by molar-refractivity contribution is 7.17. The largest absolute Gasteiger partial charge is 0.444 e. The van der Waals surface area contributed by atoms with Crippen LogP contribution >= 0.6 is 102 Å². The van der Waals surface area contributed by atoms with Crippen molar-refractivity contribution in [2.45, 2.75) is 175 Å². The van der Waals surface area contributed by atoms with E-state index in [0.717, 1.165) is 122 Å². The molecule has 44 heteroatoms. The maximum Gasteiger partial charge on any atom is 0.410 e. The first-order valence-corrected chi connectivity index (χ1v) is 47.6. The maximum absolute atomic E-state index is 13.0. The smallest absolute Gasteiger partial charge is 0.410 e. The van der Waals surface area contributed by atoms with Gasteiger partial charge in [0, 0.05) is 84.0 Å². The number of amides is 6. The minimum absolute atomic E-state index is 0.0911. The zero-order valence-electron chi connectivity index (χ0n) is 71.4. The van der Waals surface area contributed by atoms with Gasteiger partial charge >= 0.3 is 12.2 Å². The average Bonchev–Trinajstić information content (AvgIpc) is 1.70. The average molecular weight is 1910 g/mol. The second-order valence-corrected chi connectivity index (χ2v) is 39.1. The zero-order chi connectivity index (χ0) is 91.5. The second kappa shape index (κ2) is 53.1. The first kappa shape index (κ1) is 99.9. The first-order valence-electron chi connectivity index (χ1n) is 40.7. The molecule has 0 fully saturated rings. The van der Waals surface area contributed by atoms with Crippen molar-refractivity contribution < 1.29 is 43.0 Å². The van der Waals surface area contributed by atoms with Crippen LogP contribution in [0.2, 0.25) is 0 Å². The van der Waals surface area contributed by atoms with Gasteiger partial charge in [0.2, 0.25) is 69.9 Å². The Kier molecular flexibility index (Phi) is 41.4. The fraction of sp³-hybridized carbons (Fsp3) is 0.369. The highest BCUT2D eigenvalue weighted by Gasteiger charge is 2.26. The van der Waals surface area contributed by atoms with E-state index in [9.17, 15) is 33.6 Å². The molecular formula is C84H101ClN26O9S8. The van der Waals surface area contributed by atoms with Gasteiger partial charge in [0.15, 0.2) is 0 Å². The molecule has 0 saturated carbocycles. The number of hydrogen-bond donors (Lipinski definition) is 8. The van der Waals surface area contributed by atoms with Crippen molar-refractivity contribution in [3.05, 3.63) is 220 Å². The van der Waals surface area contributed by atoms with Crippen molar-refractivity contribution in [2.24, 2.45) is 0 Å². The molecule has 0 aliphatic rings. The fourth-order valence-corrected chi connectivity index (χ4v) is 17.0. The molecule has 13 aromatic rings. The Bertz CT molecular complexity index is 5240. The Hall–Kier alpha value is -11.8. The molecule has 676 valence electrons. The number of nitrogen functional groups attached to an aromatic ring is 4. The summed E-state index contributed by atoms with van der Waals surface area (Å²) in [6.07, 6.45) is 12.5. The molecule has 6 amide bonds. The molecule has 0 spiro atoms. The van der Waals surface area contributed by atoms with Gasteiger partial charge in [-0.25, -0.2) is 9.59 Å². The lowest BCUT2D eigenvalue weighted by Crippen LogP contribution is -2.39. The van der Waals surface area contributed by atoms with Crippen LogP contribution in [0, 0.1) is 0 Å². The van der Waals surface area contributed by atoms with Crippen LogP contribution in [-0.2, 0) is 117 Å². The van der Waals surface area contributed by atoms with Crippen LogP contribution < -0.4 is 44.2 Å². The molecule has 5 aromatic carbocycles. The molecule has 0 aliphatic heterocycles. The summed E-state index contributed by atoms with van der Waals surface area (Å²) in [5.74, 6) is -0.530. The van der Waals surface area contributed by atoms with Crippen LogP contribution in [-0.4, -0.2) is 170 Å². The molecule has 8 heterocycles. The van der Waals surface area contributed by atoms with E-state index in [1.165, 1.54) is 90.7 Å². The number of nitrogens with two attached hydrogens (primary N) is 4. The van der Waals surface area contributed by atoms with Crippen LogP contribution in [0.3, 0.4) is 0 Å². The lowest BCUT2D eigenvalue weighted by molar-refractivity contribution is -0.116. The van der Waals surface area contributed by atoms with Crippen molar-refractivity contribution in [1.29, 1.82) is 0 Å². The number of aromatic nitrogens is 16. The Morgan fingerprint density at radius 1 is 0.289 bits per heavy atom. The number of nitrogens with zero attached hydrogens (tertiary/aromatic N) is 18. The lowest BCUT2D eigenvalue weighted by atomic mass is 10.1. The third-order valence-corrected chi connectivity index (χ3v) is 24.0. The quantitative estimate of drug-likeness (QED) is 0.0132. The van der Waals surface area contributed by atoms with E-state index in [2.05, 4.69) is 103 Å². The number of nitrogens with one attached hydrogen (secondary N) is 4. The van der Waals surface area contributed by atoms with E-state index in [4.69, 9.17) is 44.0 Å². The van der Waals surface area contributed by atoms with Crippen molar-refractivity contribution in [3.63, 3.8) is 0 Å². The molecule has 12 N–H and O–H groups in total. The molecule has 0 bridgehead atoms. The minimum atomic E-state index is -0.660. The Balaban J connectivity index is 0.000000193. The van der Waals surface area contributed by atoms with Gasteiger partial charge in [-0.3, -0.25) is 24.0 Å². The number of carbonyl (C=O) groups excluding carboxylic acids is 7. The summed E-state index contributed by atoms with van der Waals surface area (Å²) >= 11 is 16.1. The molecule has 0 aliphatic carbocycles. The van der Waals surface area contributed by atoms with Crippen molar-refractivity contribution >= 4 is 184 Å². The van der Waals surface area contributed by atoms with Crippen molar-refractivity contribution in [3.8, 4) is 0 Å². The normalized spacial score (nSPS) is 10.9. The van der Waals surface area contributed by atoms with Gasteiger partial charge in [0.25, 0.3) is 0 Å². The van der Waals surface area contributed by atoms with Crippen LogP contribution in [0.25, 0.3) is 0 Å². The summed E-state index contributed by atoms with van der Waals surface area (Å²) in [6, 6.07) is 47.6. The number of halogens is 1. The zero-order valence-corrected chi connectivity index (χ0v) is 78.7. The van der Waals surface area contributed by atoms with Crippen LogP contribution in [0.1, 0.15) is 148 Å². The van der Waals surface area contributed by atoms with Gasteiger partial charge in [0.05, 0.1) is 25.7 Å². The number of aryl methyl sites for hydroxylation is 4. The van der Waals surface area contributed by atoms with Crippen molar-refractivity contribution in [1.82, 2.24) is 91.4 Å². The van der Waals surface area contributed by atoms with E-state index in [1.54, 1.807) is 9.80 Å². The summed E-state index contributed by atoms with van der Waals surface area (Å²) in [6.45, 7) is 12.5. The highest BCUT2D eigenvalue weighted by Crippen LogP contribution is 2.26. The summed E-state index contributed by atoms with van der Waals surface area (Å²) < 4.78 is 11.1. The second-order valence-electron chi connectivity index (χ2n) is 30.1. The van der Waals surface area contributed by atoms with Gasteiger partial charge in [0.1, 0.15) is 51.3 Å². The van der Waals surface area contributed by atoms with Gasteiger partial charge in [-0.2, -0.15) is 0 Å². The van der Waals surface area contributed by atoms with Crippen LogP contribution in [0.5, 0.6) is 0 Å². The Labute approximate surface area is 777 Å². The molecule has 0 saturated heterocycles. The summed E-state index contributed by atoms with van der Waals surface area (Å²) in [4.78, 5) is 88.0. The molecule has 8 aromatic heterocycles. The molecule has 0 atom stereocenters. The van der Waals surface area contributed by atoms with E-state index in [1.807, 2.05) is 193 Å². The van der Waals surface area contributed by atoms with Gasteiger partial charge in [-0.15, -0.1) is 81.6 Å². The van der Waals surface area contributed by atoms with Crippen molar-refractivity contribution in [2.75, 3.05) is 70.4 Å². The van der Waals surface area contributed by atoms with Gasteiger partial charge in [-0.05, 0) is 107 Å². The number of rotatable bonds is 38. The third kappa shape index (κ3) is 40.4. The summed E-state index contributed by atoms with van der Waals surface area (Å²) in [7, 11) is 0. The fourth-order valence-electron chi connectivity index (χ4n) is 11.2.